The summed E-state index contributed by atoms with van der Waals surface area (Å²) in [6.45, 7) is 4.12. The zero-order chi connectivity index (χ0) is 10.1. The van der Waals surface area contributed by atoms with Crippen molar-refractivity contribution in [3.05, 3.63) is 35.7 Å². The summed E-state index contributed by atoms with van der Waals surface area (Å²) in [7, 11) is 0. The molecule has 1 aromatic heterocycles. The number of aromatic nitrogens is 2. The molecule has 3 nitrogen and oxygen atoms in total. The number of H-pyrrole nitrogens is 1. The average Bonchev–Trinajstić information content (AvgIpc) is 2.64. The Bertz CT molecular complexity index is 444. The van der Waals surface area contributed by atoms with Gasteiger partial charge in [0.05, 0.1) is 0 Å². The number of imidazole rings is 1. The van der Waals surface area contributed by atoms with Crippen molar-refractivity contribution >= 4 is 5.69 Å². The van der Waals surface area contributed by atoms with E-state index in [0.29, 0.717) is 0 Å². The standard InChI is InChI=1S/C11H13N3/c1-7-5-9(10(12)6-8(7)2)11-13-3-4-14-11/h3-6H,12H2,1-2H3,(H,13,14). The number of nitrogens with one attached hydrogen (secondary N) is 1. The molecule has 0 aliphatic heterocycles. The second-order valence-electron chi connectivity index (χ2n) is 3.46. The van der Waals surface area contributed by atoms with Gasteiger partial charge in [0.2, 0.25) is 0 Å². The van der Waals surface area contributed by atoms with Crippen LogP contribution >= 0.6 is 0 Å². The molecule has 3 N–H and O–H groups in total. The minimum absolute atomic E-state index is 0.767. The lowest BCUT2D eigenvalue weighted by Crippen LogP contribution is -1.94. The number of benzene rings is 1. The van der Waals surface area contributed by atoms with Gasteiger partial charge in [-0.25, -0.2) is 4.98 Å². The van der Waals surface area contributed by atoms with E-state index in [4.69, 9.17) is 5.73 Å². The van der Waals surface area contributed by atoms with Crippen LogP contribution in [-0.2, 0) is 0 Å². The monoisotopic (exact) mass is 187 g/mol. The molecule has 0 saturated heterocycles. The maximum atomic E-state index is 5.92. The molecule has 0 aliphatic carbocycles. The van der Waals surface area contributed by atoms with Crippen molar-refractivity contribution < 1.29 is 0 Å². The summed E-state index contributed by atoms with van der Waals surface area (Å²) in [6, 6.07) is 4.04. The van der Waals surface area contributed by atoms with Crippen LogP contribution in [0.2, 0.25) is 0 Å². The first-order valence-corrected chi connectivity index (χ1v) is 4.55. The maximum absolute atomic E-state index is 5.92. The second-order valence-corrected chi connectivity index (χ2v) is 3.46. The van der Waals surface area contributed by atoms with Crippen molar-refractivity contribution in [2.45, 2.75) is 13.8 Å². The molecule has 0 aliphatic rings. The molecule has 0 amide bonds. The minimum atomic E-state index is 0.767. The van der Waals surface area contributed by atoms with Gasteiger partial charge in [-0.15, -0.1) is 0 Å². The Morgan fingerprint density at radius 3 is 2.57 bits per heavy atom. The van der Waals surface area contributed by atoms with E-state index >= 15 is 0 Å². The quantitative estimate of drug-likeness (QED) is 0.673. The Hall–Kier alpha value is -1.77. The van der Waals surface area contributed by atoms with Gasteiger partial charge >= 0.3 is 0 Å². The van der Waals surface area contributed by atoms with Crippen LogP contribution in [0, 0.1) is 13.8 Å². The molecule has 0 unspecified atom stereocenters. The van der Waals surface area contributed by atoms with Crippen molar-refractivity contribution in [3.8, 4) is 11.4 Å². The lowest BCUT2D eigenvalue weighted by molar-refractivity contribution is 1.28. The van der Waals surface area contributed by atoms with Crippen LogP contribution < -0.4 is 5.73 Å². The summed E-state index contributed by atoms with van der Waals surface area (Å²) in [5.41, 5.74) is 10.1. The molecular weight excluding hydrogens is 174 g/mol. The van der Waals surface area contributed by atoms with Crippen molar-refractivity contribution in [1.82, 2.24) is 9.97 Å². The van der Waals surface area contributed by atoms with Gasteiger partial charge in [-0.3, -0.25) is 0 Å². The highest BCUT2D eigenvalue weighted by atomic mass is 14.9. The topological polar surface area (TPSA) is 54.7 Å². The fourth-order valence-corrected chi connectivity index (χ4v) is 1.46. The number of aryl methyl sites for hydroxylation is 2. The predicted molar refractivity (Wildman–Crippen MR) is 57.9 cm³/mol. The lowest BCUT2D eigenvalue weighted by Gasteiger charge is -2.06. The maximum Gasteiger partial charge on any atom is 0.139 e. The first kappa shape index (κ1) is 8.81. The van der Waals surface area contributed by atoms with Crippen molar-refractivity contribution in [1.29, 1.82) is 0 Å². The van der Waals surface area contributed by atoms with E-state index in [1.54, 1.807) is 12.4 Å². The largest absolute Gasteiger partial charge is 0.398 e. The van der Waals surface area contributed by atoms with Crippen LogP contribution in [0.5, 0.6) is 0 Å². The number of nitrogens with two attached hydrogens (primary N) is 1. The number of rotatable bonds is 1. The zero-order valence-corrected chi connectivity index (χ0v) is 8.33. The van der Waals surface area contributed by atoms with Crippen molar-refractivity contribution in [2.75, 3.05) is 5.73 Å². The summed E-state index contributed by atoms with van der Waals surface area (Å²) in [6.07, 6.45) is 3.52. The predicted octanol–water partition coefficient (Wildman–Crippen LogP) is 2.28. The lowest BCUT2D eigenvalue weighted by atomic mass is 10.0. The first-order valence-electron chi connectivity index (χ1n) is 4.55. The number of hydrogen-bond acceptors (Lipinski definition) is 2. The van der Waals surface area contributed by atoms with E-state index in [2.05, 4.69) is 29.9 Å². The number of nitrogens with zero attached hydrogens (tertiary/aromatic N) is 1. The molecule has 2 aromatic rings. The molecular formula is C11H13N3. The van der Waals surface area contributed by atoms with Gasteiger partial charge in [-0.2, -0.15) is 0 Å². The number of hydrogen-bond donors (Lipinski definition) is 2. The minimum Gasteiger partial charge on any atom is -0.398 e. The third-order valence-electron chi connectivity index (χ3n) is 2.42. The van der Waals surface area contributed by atoms with E-state index < -0.39 is 0 Å². The Morgan fingerprint density at radius 1 is 1.21 bits per heavy atom. The van der Waals surface area contributed by atoms with Crippen LogP contribution in [0.3, 0.4) is 0 Å². The number of nitrogen functional groups attached to an aromatic ring is 1. The highest BCUT2D eigenvalue weighted by molar-refractivity contribution is 5.73. The van der Waals surface area contributed by atoms with E-state index in [-0.39, 0.29) is 0 Å². The third kappa shape index (κ3) is 1.37. The molecule has 0 fully saturated rings. The zero-order valence-electron chi connectivity index (χ0n) is 8.33. The summed E-state index contributed by atoms with van der Waals surface area (Å²) in [5.74, 6) is 0.825. The third-order valence-corrected chi connectivity index (χ3v) is 2.42. The van der Waals surface area contributed by atoms with Crippen LogP contribution in [0.1, 0.15) is 11.1 Å². The summed E-state index contributed by atoms with van der Waals surface area (Å²) < 4.78 is 0. The van der Waals surface area contributed by atoms with E-state index in [1.165, 1.54) is 11.1 Å². The summed E-state index contributed by atoms with van der Waals surface area (Å²) in [5, 5.41) is 0. The highest BCUT2D eigenvalue weighted by Gasteiger charge is 2.06. The Morgan fingerprint density at radius 2 is 1.93 bits per heavy atom. The average molecular weight is 187 g/mol. The number of aromatic amines is 1. The van der Waals surface area contributed by atoms with Gasteiger partial charge < -0.3 is 10.7 Å². The Kier molecular flexibility index (Phi) is 2.00. The molecule has 72 valence electrons. The first-order chi connectivity index (χ1) is 6.68. The molecule has 0 atom stereocenters. The van der Waals surface area contributed by atoms with Crippen LogP contribution in [-0.4, -0.2) is 9.97 Å². The van der Waals surface area contributed by atoms with Crippen LogP contribution in [0.15, 0.2) is 24.5 Å². The van der Waals surface area contributed by atoms with Gasteiger partial charge in [-0.05, 0) is 37.1 Å². The molecule has 0 radical (unpaired) electrons. The molecule has 0 saturated carbocycles. The Balaban J connectivity index is 2.60. The molecule has 14 heavy (non-hydrogen) atoms. The second kappa shape index (κ2) is 3.18. The number of anilines is 1. The van der Waals surface area contributed by atoms with Gasteiger partial charge in [0.15, 0.2) is 0 Å². The molecule has 2 rings (SSSR count). The van der Waals surface area contributed by atoms with Crippen molar-refractivity contribution in [3.63, 3.8) is 0 Å². The van der Waals surface area contributed by atoms with Gasteiger partial charge in [0.25, 0.3) is 0 Å². The fraction of sp³-hybridized carbons (Fsp3) is 0.182. The molecule has 1 aromatic carbocycles. The highest BCUT2D eigenvalue weighted by Crippen LogP contribution is 2.25. The van der Waals surface area contributed by atoms with Crippen LogP contribution in [0.25, 0.3) is 11.4 Å². The van der Waals surface area contributed by atoms with E-state index in [1.807, 2.05) is 6.07 Å². The summed E-state index contributed by atoms with van der Waals surface area (Å²) in [4.78, 5) is 7.23. The van der Waals surface area contributed by atoms with Gasteiger partial charge in [0, 0.05) is 23.6 Å². The Labute approximate surface area is 83.0 Å². The van der Waals surface area contributed by atoms with E-state index in [9.17, 15) is 0 Å². The molecule has 1 heterocycles. The van der Waals surface area contributed by atoms with E-state index in [0.717, 1.165) is 17.1 Å². The van der Waals surface area contributed by atoms with Gasteiger partial charge in [-0.1, -0.05) is 0 Å². The normalized spacial score (nSPS) is 10.4. The summed E-state index contributed by atoms with van der Waals surface area (Å²) >= 11 is 0. The van der Waals surface area contributed by atoms with Crippen LogP contribution in [0.4, 0.5) is 5.69 Å². The fourth-order valence-electron chi connectivity index (χ4n) is 1.46. The molecule has 0 bridgehead atoms. The molecule has 0 spiro atoms. The molecule has 3 heteroatoms. The van der Waals surface area contributed by atoms with Gasteiger partial charge in [0.1, 0.15) is 5.82 Å². The smallest absolute Gasteiger partial charge is 0.139 e. The SMILES string of the molecule is Cc1cc(N)c(-c2ncc[nH]2)cc1C. The van der Waals surface area contributed by atoms with Crippen molar-refractivity contribution in [2.24, 2.45) is 0 Å².